The summed E-state index contributed by atoms with van der Waals surface area (Å²) in [7, 11) is 3.39. The molecule has 0 aliphatic heterocycles. The maximum atomic E-state index is 5.35. The van der Waals surface area contributed by atoms with Gasteiger partial charge in [-0.05, 0) is 30.5 Å². The highest BCUT2D eigenvalue weighted by Crippen LogP contribution is 2.27. The van der Waals surface area contributed by atoms with Crippen LogP contribution in [0.5, 0.6) is 11.5 Å². The Bertz CT molecular complexity index is 617. The van der Waals surface area contributed by atoms with Crippen LogP contribution in [0.4, 0.5) is 0 Å². The molecule has 1 aliphatic carbocycles. The highest BCUT2D eigenvalue weighted by molar-refractivity contribution is 5.38. The van der Waals surface area contributed by atoms with Gasteiger partial charge in [-0.2, -0.15) is 0 Å². The molecule has 116 valence electrons. The van der Waals surface area contributed by atoms with Gasteiger partial charge in [0.15, 0.2) is 0 Å². The minimum Gasteiger partial charge on any atom is -0.497 e. The van der Waals surface area contributed by atoms with Gasteiger partial charge in [0, 0.05) is 23.6 Å². The molecule has 3 rings (SSSR count). The largest absolute Gasteiger partial charge is 0.497 e. The molecule has 0 heterocycles. The molecule has 0 radical (unpaired) electrons. The first kappa shape index (κ1) is 14.9. The quantitative estimate of drug-likeness (QED) is 0.921. The Labute approximate surface area is 132 Å². The summed E-state index contributed by atoms with van der Waals surface area (Å²) in [6.45, 7) is 0.937. The Hall–Kier alpha value is -2.00. The minimum absolute atomic E-state index is 0.558. The van der Waals surface area contributed by atoms with E-state index in [-0.39, 0.29) is 0 Å². The molecule has 3 heteroatoms. The molecule has 2 N–H and O–H groups in total. The summed E-state index contributed by atoms with van der Waals surface area (Å²) in [6.07, 6.45) is 3.74. The molecule has 0 spiro atoms. The molecule has 1 aliphatic rings. The molecule has 1 atom stereocenters. The molecule has 0 saturated carbocycles. The van der Waals surface area contributed by atoms with Gasteiger partial charge >= 0.3 is 0 Å². The summed E-state index contributed by atoms with van der Waals surface area (Å²) in [5, 5.41) is 2.44. The van der Waals surface area contributed by atoms with Gasteiger partial charge in [0.05, 0.1) is 14.2 Å². The normalized spacial score (nSPS) is 16.9. The van der Waals surface area contributed by atoms with Crippen LogP contribution in [-0.4, -0.2) is 14.2 Å². The molecule has 2 aromatic rings. The van der Waals surface area contributed by atoms with Crippen molar-refractivity contribution >= 4 is 0 Å². The van der Waals surface area contributed by atoms with Gasteiger partial charge in [-0.25, -0.2) is 0 Å². The Kier molecular flexibility index (Phi) is 4.64. The molecule has 0 saturated heterocycles. The number of aryl methyl sites for hydroxylation is 1. The van der Waals surface area contributed by atoms with E-state index in [1.54, 1.807) is 14.2 Å². The molecule has 2 aromatic carbocycles. The van der Waals surface area contributed by atoms with Crippen LogP contribution in [0, 0.1) is 0 Å². The third-order valence-electron chi connectivity index (χ3n) is 4.47. The number of fused-ring (bicyclic) bond motifs is 1. The lowest BCUT2D eigenvalue weighted by Crippen LogP contribution is -2.84. The second-order valence-corrected chi connectivity index (χ2v) is 5.86. The molecule has 0 amide bonds. The van der Waals surface area contributed by atoms with E-state index in [1.165, 1.54) is 36.0 Å². The maximum absolute atomic E-state index is 5.35. The molecule has 22 heavy (non-hydrogen) atoms. The SMILES string of the molecule is COc1cc(C[NH2+]C2CCCc3ccccc32)cc(OC)c1. The molecule has 0 fully saturated rings. The maximum Gasteiger partial charge on any atom is 0.123 e. The van der Waals surface area contributed by atoms with E-state index in [4.69, 9.17) is 9.47 Å². The van der Waals surface area contributed by atoms with Crippen LogP contribution < -0.4 is 14.8 Å². The zero-order chi connectivity index (χ0) is 15.4. The lowest BCUT2D eigenvalue weighted by atomic mass is 9.87. The minimum atomic E-state index is 0.558. The van der Waals surface area contributed by atoms with Crippen LogP contribution in [0.25, 0.3) is 0 Å². The topological polar surface area (TPSA) is 35.1 Å². The van der Waals surface area contributed by atoms with Crippen LogP contribution in [0.15, 0.2) is 42.5 Å². The number of hydrogen-bond donors (Lipinski definition) is 1. The fraction of sp³-hybridized carbons (Fsp3) is 0.368. The highest BCUT2D eigenvalue weighted by atomic mass is 16.5. The fourth-order valence-corrected chi connectivity index (χ4v) is 3.30. The van der Waals surface area contributed by atoms with Gasteiger partial charge in [-0.15, -0.1) is 0 Å². The van der Waals surface area contributed by atoms with Gasteiger partial charge < -0.3 is 14.8 Å². The lowest BCUT2D eigenvalue weighted by molar-refractivity contribution is -0.712. The summed E-state index contributed by atoms with van der Waals surface area (Å²) in [5.74, 6) is 1.71. The first-order chi connectivity index (χ1) is 10.8. The van der Waals surface area contributed by atoms with E-state index in [9.17, 15) is 0 Å². The van der Waals surface area contributed by atoms with Gasteiger partial charge in [-0.1, -0.05) is 24.3 Å². The van der Waals surface area contributed by atoms with Gasteiger partial charge in [-0.3, -0.25) is 0 Å². The van der Waals surface area contributed by atoms with Crippen LogP contribution in [0.1, 0.15) is 35.6 Å². The van der Waals surface area contributed by atoms with Gasteiger partial charge in [0.1, 0.15) is 24.1 Å². The van der Waals surface area contributed by atoms with Crippen molar-refractivity contribution in [1.82, 2.24) is 0 Å². The van der Waals surface area contributed by atoms with Crippen molar-refractivity contribution in [3.05, 3.63) is 59.2 Å². The average molecular weight is 298 g/mol. The first-order valence-electron chi connectivity index (χ1n) is 7.93. The van der Waals surface area contributed by atoms with Crippen molar-refractivity contribution in [3.8, 4) is 11.5 Å². The monoisotopic (exact) mass is 298 g/mol. The third-order valence-corrected chi connectivity index (χ3v) is 4.47. The first-order valence-corrected chi connectivity index (χ1v) is 7.93. The van der Waals surface area contributed by atoms with Crippen molar-refractivity contribution in [2.75, 3.05) is 14.2 Å². The fourth-order valence-electron chi connectivity index (χ4n) is 3.30. The molecule has 0 aromatic heterocycles. The van der Waals surface area contributed by atoms with Crippen LogP contribution >= 0.6 is 0 Å². The second-order valence-electron chi connectivity index (χ2n) is 5.86. The summed E-state index contributed by atoms with van der Waals surface area (Å²) >= 11 is 0. The van der Waals surface area contributed by atoms with E-state index < -0.39 is 0 Å². The number of ether oxygens (including phenoxy) is 2. The summed E-state index contributed by atoms with van der Waals surface area (Å²) in [6, 6.07) is 15.5. The van der Waals surface area contributed by atoms with Crippen LogP contribution in [0.3, 0.4) is 0 Å². The van der Waals surface area contributed by atoms with Crippen molar-refractivity contribution < 1.29 is 14.8 Å². The molecule has 1 unspecified atom stereocenters. The zero-order valence-corrected chi connectivity index (χ0v) is 13.3. The van der Waals surface area contributed by atoms with Crippen LogP contribution in [0.2, 0.25) is 0 Å². The number of methoxy groups -OCH3 is 2. The Balaban J connectivity index is 1.73. The van der Waals surface area contributed by atoms with E-state index in [2.05, 4.69) is 41.7 Å². The number of hydrogen-bond acceptors (Lipinski definition) is 2. The number of rotatable bonds is 5. The predicted molar refractivity (Wildman–Crippen MR) is 87.3 cm³/mol. The second kappa shape index (κ2) is 6.84. The zero-order valence-electron chi connectivity index (χ0n) is 13.3. The van der Waals surface area contributed by atoms with Crippen molar-refractivity contribution in [3.63, 3.8) is 0 Å². The highest BCUT2D eigenvalue weighted by Gasteiger charge is 2.22. The molecule has 0 bridgehead atoms. The lowest BCUT2D eigenvalue weighted by Gasteiger charge is -2.23. The Morgan fingerprint density at radius 2 is 1.77 bits per heavy atom. The van der Waals surface area contributed by atoms with Gasteiger partial charge in [0.25, 0.3) is 0 Å². The predicted octanol–water partition coefficient (Wildman–Crippen LogP) is 2.84. The van der Waals surface area contributed by atoms with E-state index >= 15 is 0 Å². The Morgan fingerprint density at radius 3 is 2.50 bits per heavy atom. The van der Waals surface area contributed by atoms with Crippen molar-refractivity contribution in [2.24, 2.45) is 0 Å². The van der Waals surface area contributed by atoms with E-state index in [0.29, 0.717) is 6.04 Å². The van der Waals surface area contributed by atoms with Crippen molar-refractivity contribution in [1.29, 1.82) is 0 Å². The summed E-state index contributed by atoms with van der Waals surface area (Å²) in [4.78, 5) is 0. The average Bonchev–Trinajstić information content (AvgIpc) is 2.59. The van der Waals surface area contributed by atoms with Crippen molar-refractivity contribution in [2.45, 2.75) is 31.8 Å². The third kappa shape index (κ3) is 3.25. The summed E-state index contributed by atoms with van der Waals surface area (Å²) in [5.41, 5.74) is 4.25. The van der Waals surface area contributed by atoms with E-state index in [0.717, 1.165) is 18.0 Å². The number of quaternary nitrogens is 1. The molecular weight excluding hydrogens is 274 g/mol. The van der Waals surface area contributed by atoms with Gasteiger partial charge in [0.2, 0.25) is 0 Å². The van der Waals surface area contributed by atoms with E-state index in [1.807, 2.05) is 6.07 Å². The number of nitrogens with two attached hydrogens (primary N) is 1. The smallest absolute Gasteiger partial charge is 0.123 e. The number of benzene rings is 2. The van der Waals surface area contributed by atoms with Crippen LogP contribution in [-0.2, 0) is 13.0 Å². The standard InChI is InChI=1S/C19H23NO2/c1-21-16-10-14(11-17(12-16)22-2)13-20-19-9-5-7-15-6-3-4-8-18(15)19/h3-4,6,8,10-12,19-20H,5,7,9,13H2,1-2H3/p+1. The molecule has 3 nitrogen and oxygen atoms in total. The molecular formula is C19H24NO2+. The summed E-state index contributed by atoms with van der Waals surface area (Å²) < 4.78 is 10.7. The Morgan fingerprint density at radius 1 is 1.05 bits per heavy atom.